The fourth-order valence-corrected chi connectivity index (χ4v) is 6.56. The molecule has 1 atom stereocenters. The Labute approximate surface area is 244 Å². The molecular weight excluding hydrogens is 560 g/mol. The lowest BCUT2D eigenvalue weighted by atomic mass is 9.75. The third-order valence-electron chi connectivity index (χ3n) is 6.83. The van der Waals surface area contributed by atoms with Gasteiger partial charge in [0.05, 0.1) is 36.0 Å². The molecular formula is C29H26N6O4S2. The summed E-state index contributed by atoms with van der Waals surface area (Å²) in [7, 11) is 1.30. The first-order valence-electron chi connectivity index (χ1n) is 12.8. The van der Waals surface area contributed by atoms with E-state index < -0.39 is 11.9 Å². The Hall–Kier alpha value is -4.47. The molecule has 2 aromatic carbocycles. The van der Waals surface area contributed by atoms with E-state index in [0.29, 0.717) is 56.8 Å². The largest absolute Gasteiger partial charge is 0.465 e. The second kappa shape index (κ2) is 12.0. The number of nitrogens with zero attached hydrogens (tertiary/aromatic N) is 4. The van der Waals surface area contributed by atoms with Crippen LogP contribution in [0.5, 0.6) is 0 Å². The number of aromatic nitrogens is 2. The molecule has 208 valence electrons. The number of Topliss-reactive ketones (excluding diaryl/α,β-unsaturated/α-hetero) is 1. The van der Waals surface area contributed by atoms with Crippen LogP contribution in [0.15, 0.2) is 75.5 Å². The molecule has 1 amide bonds. The molecule has 2 aliphatic rings. The van der Waals surface area contributed by atoms with Crippen LogP contribution in [0.4, 0.5) is 10.8 Å². The Bertz CT molecular complexity index is 1620. The Kier molecular flexibility index (Phi) is 8.19. The second-order valence-electron chi connectivity index (χ2n) is 9.48. The second-order valence-corrected chi connectivity index (χ2v) is 11.7. The Morgan fingerprint density at radius 1 is 1.17 bits per heavy atom. The van der Waals surface area contributed by atoms with E-state index in [0.717, 1.165) is 5.56 Å². The number of nitriles is 1. The van der Waals surface area contributed by atoms with Gasteiger partial charge in [0.25, 0.3) is 0 Å². The number of allylic oxidation sites excluding steroid dienone is 3. The number of nitrogens with two attached hydrogens (primary N) is 1. The number of ether oxygens (including phenoxy) is 1. The van der Waals surface area contributed by atoms with Crippen molar-refractivity contribution in [2.24, 2.45) is 5.73 Å². The first kappa shape index (κ1) is 28.1. The van der Waals surface area contributed by atoms with Crippen LogP contribution in [0.25, 0.3) is 0 Å². The summed E-state index contributed by atoms with van der Waals surface area (Å²) in [5, 5.41) is 22.0. The molecule has 0 bridgehead atoms. The molecule has 41 heavy (non-hydrogen) atoms. The van der Waals surface area contributed by atoms with Crippen molar-refractivity contribution in [2.45, 2.75) is 36.4 Å². The number of aryl methyl sites for hydroxylation is 1. The maximum Gasteiger partial charge on any atom is 0.337 e. The van der Waals surface area contributed by atoms with E-state index in [1.54, 1.807) is 29.2 Å². The smallest absolute Gasteiger partial charge is 0.337 e. The number of hydrogen-bond donors (Lipinski definition) is 2. The van der Waals surface area contributed by atoms with Crippen LogP contribution >= 0.6 is 23.1 Å². The van der Waals surface area contributed by atoms with Crippen molar-refractivity contribution in [3.8, 4) is 6.07 Å². The van der Waals surface area contributed by atoms with Crippen LogP contribution in [-0.4, -0.2) is 40.7 Å². The normalized spacial score (nSPS) is 16.8. The highest BCUT2D eigenvalue weighted by atomic mass is 32.2. The van der Waals surface area contributed by atoms with Crippen LogP contribution < -0.4 is 16.0 Å². The Balaban J connectivity index is 1.42. The van der Waals surface area contributed by atoms with E-state index >= 15 is 0 Å². The van der Waals surface area contributed by atoms with Gasteiger partial charge in [0.2, 0.25) is 11.0 Å². The van der Waals surface area contributed by atoms with Crippen molar-refractivity contribution >= 4 is 51.6 Å². The zero-order valence-electron chi connectivity index (χ0n) is 22.3. The highest BCUT2D eigenvalue weighted by Gasteiger charge is 2.41. The van der Waals surface area contributed by atoms with Gasteiger partial charge in [-0.2, -0.15) is 5.26 Å². The number of esters is 1. The first-order valence-corrected chi connectivity index (χ1v) is 14.6. The van der Waals surface area contributed by atoms with Crippen molar-refractivity contribution in [3.63, 3.8) is 0 Å². The third-order valence-corrected chi connectivity index (χ3v) is 8.87. The van der Waals surface area contributed by atoms with Gasteiger partial charge < -0.3 is 15.8 Å². The fraction of sp³-hybridized carbons (Fsp3) is 0.241. The summed E-state index contributed by atoms with van der Waals surface area (Å²) in [6, 6.07) is 16.4. The number of anilines is 2. The van der Waals surface area contributed by atoms with E-state index in [4.69, 9.17) is 10.5 Å². The molecule has 0 saturated heterocycles. The van der Waals surface area contributed by atoms with Crippen LogP contribution in [0.1, 0.15) is 46.7 Å². The number of carbonyl (C=O) groups excluding carboxylic acids is 3. The third kappa shape index (κ3) is 5.73. The highest BCUT2D eigenvalue weighted by Crippen LogP contribution is 2.47. The molecule has 1 aliphatic carbocycles. The lowest BCUT2D eigenvalue weighted by Crippen LogP contribution is -2.38. The molecule has 1 aromatic heterocycles. The molecule has 2 heterocycles. The van der Waals surface area contributed by atoms with E-state index in [1.165, 1.54) is 30.2 Å². The van der Waals surface area contributed by atoms with Gasteiger partial charge in [-0.05, 0) is 49.6 Å². The zero-order valence-corrected chi connectivity index (χ0v) is 24.0. The monoisotopic (exact) mass is 586 g/mol. The topological polar surface area (TPSA) is 151 Å². The number of methoxy groups -OCH3 is 1. The van der Waals surface area contributed by atoms with E-state index in [1.807, 2.05) is 31.2 Å². The van der Waals surface area contributed by atoms with Crippen LogP contribution in [0, 0.1) is 18.3 Å². The minimum Gasteiger partial charge on any atom is -0.465 e. The van der Waals surface area contributed by atoms with Gasteiger partial charge in [-0.15, -0.1) is 10.2 Å². The summed E-state index contributed by atoms with van der Waals surface area (Å²) < 4.78 is 5.33. The molecule has 1 unspecified atom stereocenters. The Morgan fingerprint density at radius 3 is 2.59 bits per heavy atom. The van der Waals surface area contributed by atoms with Gasteiger partial charge in [-0.1, -0.05) is 52.9 Å². The number of thioether (sulfide) groups is 1. The molecule has 0 radical (unpaired) electrons. The summed E-state index contributed by atoms with van der Waals surface area (Å²) in [4.78, 5) is 39.4. The standard InChI is InChI=1S/C29H26N6O4S2/c1-16-6-12-19(13-7-16)32-23(37)15-40-29-34-33-28(41-29)35-21-4-3-5-22(36)25(21)24(20(14-30)26(35)31)17-8-10-18(11-9-17)27(38)39-2/h6-13,24H,3-5,15,31H2,1-2H3,(H,32,37). The average molecular weight is 587 g/mol. The van der Waals surface area contributed by atoms with E-state index in [2.05, 4.69) is 21.6 Å². The average Bonchev–Trinajstić information content (AvgIpc) is 3.45. The summed E-state index contributed by atoms with van der Waals surface area (Å²) in [5.74, 6) is -1.08. The number of rotatable bonds is 7. The van der Waals surface area contributed by atoms with E-state index in [-0.39, 0.29) is 28.8 Å². The van der Waals surface area contributed by atoms with Gasteiger partial charge >= 0.3 is 5.97 Å². The quantitative estimate of drug-likeness (QED) is 0.295. The fourth-order valence-electron chi connectivity index (χ4n) is 4.88. The predicted octanol–water partition coefficient (Wildman–Crippen LogP) is 4.67. The van der Waals surface area contributed by atoms with Crippen molar-refractivity contribution < 1.29 is 19.1 Å². The molecule has 1 aliphatic heterocycles. The zero-order chi connectivity index (χ0) is 29.1. The molecule has 10 nitrogen and oxygen atoms in total. The molecule has 5 rings (SSSR count). The maximum absolute atomic E-state index is 13.3. The minimum atomic E-state index is -0.669. The minimum absolute atomic E-state index is 0.0644. The van der Waals surface area contributed by atoms with Crippen LogP contribution in [0.2, 0.25) is 0 Å². The highest BCUT2D eigenvalue weighted by molar-refractivity contribution is 8.01. The van der Waals surface area contributed by atoms with Crippen LogP contribution in [0.3, 0.4) is 0 Å². The number of ketones is 1. The molecule has 3 aromatic rings. The van der Waals surface area contributed by atoms with Gasteiger partial charge in [0, 0.05) is 23.4 Å². The number of benzene rings is 2. The first-order chi connectivity index (χ1) is 19.8. The molecule has 0 saturated carbocycles. The molecule has 0 fully saturated rings. The van der Waals surface area contributed by atoms with Crippen molar-refractivity contribution in [1.29, 1.82) is 5.26 Å². The van der Waals surface area contributed by atoms with Gasteiger partial charge in [-0.3, -0.25) is 14.5 Å². The number of amides is 1. The van der Waals surface area contributed by atoms with Crippen LogP contribution in [-0.2, 0) is 14.3 Å². The van der Waals surface area contributed by atoms with Crippen molar-refractivity contribution in [1.82, 2.24) is 10.2 Å². The number of nitrogens with one attached hydrogen (secondary N) is 1. The lowest BCUT2D eigenvalue weighted by molar-refractivity contribution is -0.116. The number of carbonyl (C=O) groups is 3. The lowest BCUT2D eigenvalue weighted by Gasteiger charge is -2.38. The van der Waals surface area contributed by atoms with Crippen molar-refractivity contribution in [3.05, 3.63) is 87.9 Å². The predicted molar refractivity (Wildman–Crippen MR) is 156 cm³/mol. The van der Waals surface area contributed by atoms with Gasteiger partial charge in [0.1, 0.15) is 5.82 Å². The van der Waals surface area contributed by atoms with Gasteiger partial charge in [0.15, 0.2) is 10.1 Å². The summed E-state index contributed by atoms with van der Waals surface area (Å²) >= 11 is 2.47. The SMILES string of the molecule is COC(=O)c1ccc(C2C(C#N)=C(N)N(c3nnc(SCC(=O)Nc4ccc(C)cc4)s3)C3=C2C(=O)CCC3)cc1. The summed E-state index contributed by atoms with van der Waals surface area (Å²) in [6.45, 7) is 1.98. The Morgan fingerprint density at radius 2 is 1.90 bits per heavy atom. The van der Waals surface area contributed by atoms with Gasteiger partial charge in [-0.25, -0.2) is 4.79 Å². The van der Waals surface area contributed by atoms with Crippen molar-refractivity contribution in [2.75, 3.05) is 23.1 Å². The summed E-state index contributed by atoms with van der Waals surface area (Å²) in [5.41, 5.74) is 10.8. The summed E-state index contributed by atoms with van der Waals surface area (Å²) in [6.07, 6.45) is 1.56. The molecule has 12 heteroatoms. The molecule has 3 N–H and O–H groups in total. The number of hydrogen-bond acceptors (Lipinski definition) is 11. The molecule has 0 spiro atoms. The van der Waals surface area contributed by atoms with E-state index in [9.17, 15) is 19.6 Å². The maximum atomic E-state index is 13.3.